The van der Waals surface area contributed by atoms with Crippen molar-refractivity contribution >= 4 is 34.8 Å². The van der Waals surface area contributed by atoms with Crippen LogP contribution < -0.4 is 10.2 Å². The highest BCUT2D eigenvalue weighted by Crippen LogP contribution is 2.24. The van der Waals surface area contributed by atoms with Gasteiger partial charge in [0.15, 0.2) is 11.5 Å². The molecule has 8 nitrogen and oxygen atoms in total. The Bertz CT molecular complexity index is 1090. The molecule has 3 aromatic rings. The van der Waals surface area contributed by atoms with Gasteiger partial charge in [-0.3, -0.25) is 9.59 Å². The van der Waals surface area contributed by atoms with Gasteiger partial charge in [-0.2, -0.15) is 0 Å². The Morgan fingerprint density at radius 3 is 2.59 bits per heavy atom. The molecule has 2 heterocycles. The van der Waals surface area contributed by atoms with Gasteiger partial charge in [0.2, 0.25) is 5.91 Å². The second-order valence-corrected chi connectivity index (χ2v) is 7.88. The number of ether oxygens (including phenoxy) is 1. The SMILES string of the molecule is CN(CC(=O)Nc1ccc(N2CCOCC2)cc1)C(=O)c1cc(-c2cccc(Cl)c2)on1. The normalized spacial score (nSPS) is 13.6. The van der Waals surface area contributed by atoms with Crippen molar-refractivity contribution in [1.29, 1.82) is 0 Å². The smallest absolute Gasteiger partial charge is 0.276 e. The maximum absolute atomic E-state index is 12.6. The van der Waals surface area contributed by atoms with E-state index >= 15 is 0 Å². The molecule has 4 rings (SSSR count). The summed E-state index contributed by atoms with van der Waals surface area (Å²) in [4.78, 5) is 28.6. The largest absolute Gasteiger partial charge is 0.378 e. The first-order chi connectivity index (χ1) is 15.5. The summed E-state index contributed by atoms with van der Waals surface area (Å²) in [6.07, 6.45) is 0. The van der Waals surface area contributed by atoms with Crippen LogP contribution in [-0.4, -0.2) is 61.8 Å². The number of benzene rings is 2. The number of halogens is 1. The van der Waals surface area contributed by atoms with E-state index in [4.69, 9.17) is 20.9 Å². The standard InChI is InChI=1S/C23H23ClN4O4/c1-27(23(30)20-14-21(32-26-20)16-3-2-4-17(24)13-16)15-22(29)25-18-5-7-19(8-6-18)28-9-11-31-12-10-28/h2-8,13-14H,9-12,15H2,1H3,(H,25,29). The molecule has 0 spiro atoms. The molecular formula is C23H23ClN4O4. The van der Waals surface area contributed by atoms with Crippen LogP contribution in [0.25, 0.3) is 11.3 Å². The van der Waals surface area contributed by atoms with Gasteiger partial charge in [-0.1, -0.05) is 28.9 Å². The predicted octanol–water partition coefficient (Wildman–Crippen LogP) is 3.54. The lowest BCUT2D eigenvalue weighted by Crippen LogP contribution is -2.36. The minimum atomic E-state index is -0.417. The van der Waals surface area contributed by atoms with Crippen molar-refractivity contribution in [1.82, 2.24) is 10.1 Å². The number of morpholine rings is 1. The molecule has 9 heteroatoms. The second kappa shape index (κ2) is 9.84. The van der Waals surface area contributed by atoms with Gasteiger partial charge >= 0.3 is 0 Å². The van der Waals surface area contributed by atoms with Crippen LogP contribution >= 0.6 is 11.6 Å². The lowest BCUT2D eigenvalue weighted by atomic mass is 10.1. The van der Waals surface area contributed by atoms with Crippen molar-refractivity contribution in [3.63, 3.8) is 0 Å². The summed E-state index contributed by atoms with van der Waals surface area (Å²) in [7, 11) is 1.54. The summed E-state index contributed by atoms with van der Waals surface area (Å²) in [6, 6.07) is 16.2. The first-order valence-electron chi connectivity index (χ1n) is 10.2. The fraction of sp³-hybridized carbons (Fsp3) is 0.261. The third kappa shape index (κ3) is 5.27. The van der Waals surface area contributed by atoms with Crippen LogP contribution in [0.1, 0.15) is 10.5 Å². The summed E-state index contributed by atoms with van der Waals surface area (Å²) in [6.45, 7) is 3.00. The van der Waals surface area contributed by atoms with E-state index in [9.17, 15) is 9.59 Å². The summed E-state index contributed by atoms with van der Waals surface area (Å²) in [5, 5.41) is 7.20. The van der Waals surface area contributed by atoms with Gasteiger partial charge in [-0.15, -0.1) is 0 Å². The number of amides is 2. The van der Waals surface area contributed by atoms with Gasteiger partial charge in [0.05, 0.1) is 19.8 Å². The van der Waals surface area contributed by atoms with E-state index in [1.807, 2.05) is 30.3 Å². The minimum absolute atomic E-state index is 0.116. The highest BCUT2D eigenvalue weighted by Gasteiger charge is 2.20. The zero-order valence-corrected chi connectivity index (χ0v) is 18.3. The molecule has 0 saturated carbocycles. The topological polar surface area (TPSA) is 87.9 Å². The second-order valence-electron chi connectivity index (χ2n) is 7.44. The third-order valence-electron chi connectivity index (χ3n) is 5.09. The maximum atomic E-state index is 12.6. The number of carbonyl (C=O) groups excluding carboxylic acids is 2. The minimum Gasteiger partial charge on any atom is -0.378 e. The Kier molecular flexibility index (Phi) is 6.72. The predicted molar refractivity (Wildman–Crippen MR) is 122 cm³/mol. The first-order valence-corrected chi connectivity index (χ1v) is 10.6. The zero-order chi connectivity index (χ0) is 22.5. The number of rotatable bonds is 6. The molecule has 2 aromatic carbocycles. The fourth-order valence-corrected chi connectivity index (χ4v) is 3.60. The van der Waals surface area contributed by atoms with E-state index in [1.54, 1.807) is 18.2 Å². The molecule has 1 fully saturated rings. The quantitative estimate of drug-likeness (QED) is 0.613. The fourth-order valence-electron chi connectivity index (χ4n) is 3.41. The molecule has 1 aliphatic heterocycles. The van der Waals surface area contributed by atoms with Crippen LogP contribution in [0.4, 0.5) is 11.4 Å². The van der Waals surface area contributed by atoms with Crippen LogP contribution in [0.15, 0.2) is 59.1 Å². The van der Waals surface area contributed by atoms with Crippen molar-refractivity contribution in [2.75, 3.05) is 50.1 Å². The van der Waals surface area contributed by atoms with Crippen LogP contribution in [0, 0.1) is 0 Å². The maximum Gasteiger partial charge on any atom is 0.276 e. The van der Waals surface area contributed by atoms with E-state index in [2.05, 4.69) is 15.4 Å². The molecule has 2 amide bonds. The molecule has 1 N–H and O–H groups in total. The Labute approximate surface area is 190 Å². The first kappa shape index (κ1) is 21.9. The van der Waals surface area contributed by atoms with Gasteiger partial charge < -0.3 is 24.4 Å². The van der Waals surface area contributed by atoms with Crippen molar-refractivity contribution < 1.29 is 18.8 Å². The van der Waals surface area contributed by atoms with E-state index in [0.717, 1.165) is 18.8 Å². The summed E-state index contributed by atoms with van der Waals surface area (Å²) in [5.74, 6) is -0.299. The van der Waals surface area contributed by atoms with Gasteiger partial charge in [0.25, 0.3) is 5.91 Å². The molecule has 0 radical (unpaired) electrons. The summed E-state index contributed by atoms with van der Waals surface area (Å²) in [5.41, 5.74) is 2.58. The van der Waals surface area contributed by atoms with E-state index < -0.39 is 5.91 Å². The molecule has 0 aliphatic carbocycles. The number of likely N-dealkylation sites (N-methyl/N-ethyl adjacent to an activating group) is 1. The number of anilines is 2. The van der Waals surface area contributed by atoms with Gasteiger partial charge in [0, 0.05) is 48.2 Å². The van der Waals surface area contributed by atoms with Gasteiger partial charge in [-0.05, 0) is 36.4 Å². The monoisotopic (exact) mass is 454 g/mol. The number of carbonyl (C=O) groups is 2. The molecule has 1 aliphatic rings. The highest BCUT2D eigenvalue weighted by atomic mass is 35.5. The lowest BCUT2D eigenvalue weighted by molar-refractivity contribution is -0.116. The van der Waals surface area contributed by atoms with E-state index in [0.29, 0.717) is 35.2 Å². The van der Waals surface area contributed by atoms with Gasteiger partial charge in [-0.25, -0.2) is 0 Å². The number of hydrogen-bond acceptors (Lipinski definition) is 6. The van der Waals surface area contributed by atoms with Crippen molar-refractivity contribution in [3.8, 4) is 11.3 Å². The average molecular weight is 455 g/mol. The number of nitrogens with one attached hydrogen (secondary N) is 1. The summed E-state index contributed by atoms with van der Waals surface area (Å²) < 4.78 is 10.6. The molecule has 1 aromatic heterocycles. The van der Waals surface area contributed by atoms with Crippen LogP contribution in [0.2, 0.25) is 5.02 Å². The highest BCUT2D eigenvalue weighted by molar-refractivity contribution is 6.30. The third-order valence-corrected chi connectivity index (χ3v) is 5.33. The Balaban J connectivity index is 1.33. The molecule has 0 bridgehead atoms. The van der Waals surface area contributed by atoms with Crippen molar-refractivity contribution in [2.45, 2.75) is 0 Å². The molecule has 32 heavy (non-hydrogen) atoms. The number of hydrogen-bond donors (Lipinski definition) is 1. The van der Waals surface area contributed by atoms with Crippen molar-refractivity contribution in [2.24, 2.45) is 0 Å². The average Bonchev–Trinajstić information content (AvgIpc) is 3.30. The van der Waals surface area contributed by atoms with Crippen molar-refractivity contribution in [3.05, 3.63) is 65.3 Å². The number of aromatic nitrogens is 1. The Morgan fingerprint density at radius 2 is 1.88 bits per heavy atom. The summed E-state index contributed by atoms with van der Waals surface area (Å²) >= 11 is 6.00. The molecular weight excluding hydrogens is 432 g/mol. The Morgan fingerprint density at radius 1 is 1.12 bits per heavy atom. The van der Waals surface area contributed by atoms with Crippen LogP contribution in [0.5, 0.6) is 0 Å². The van der Waals surface area contributed by atoms with Crippen LogP contribution in [-0.2, 0) is 9.53 Å². The number of nitrogens with zero attached hydrogens (tertiary/aromatic N) is 3. The molecule has 0 unspecified atom stereocenters. The van der Waals surface area contributed by atoms with E-state index in [-0.39, 0.29) is 18.1 Å². The molecule has 166 valence electrons. The Hall–Kier alpha value is -3.36. The molecule has 0 atom stereocenters. The lowest BCUT2D eigenvalue weighted by Gasteiger charge is -2.28. The zero-order valence-electron chi connectivity index (χ0n) is 17.6. The van der Waals surface area contributed by atoms with Gasteiger partial charge in [0.1, 0.15) is 0 Å². The van der Waals surface area contributed by atoms with Crippen LogP contribution in [0.3, 0.4) is 0 Å². The molecule has 1 saturated heterocycles. The van der Waals surface area contributed by atoms with E-state index in [1.165, 1.54) is 18.0 Å².